The van der Waals surface area contributed by atoms with E-state index in [1.807, 2.05) is 0 Å². The molecule has 0 saturated carbocycles. The Morgan fingerprint density at radius 3 is 2.43 bits per heavy atom. The van der Waals surface area contributed by atoms with Gasteiger partial charge in [0.25, 0.3) is 0 Å². The molecular formula is C15H13Cl2NO3. The Morgan fingerprint density at radius 1 is 1.14 bits per heavy atom. The first-order valence-electron chi connectivity index (χ1n) is 6.15. The van der Waals surface area contributed by atoms with E-state index in [-0.39, 0.29) is 6.42 Å². The van der Waals surface area contributed by atoms with Gasteiger partial charge in [0.15, 0.2) is 0 Å². The molecule has 110 valence electrons. The van der Waals surface area contributed by atoms with Crippen LogP contribution in [0.1, 0.15) is 5.56 Å². The summed E-state index contributed by atoms with van der Waals surface area (Å²) in [5.74, 6) is 0.0264. The average molecular weight is 326 g/mol. The van der Waals surface area contributed by atoms with E-state index < -0.39 is 12.0 Å². The third-order valence-corrected chi connectivity index (χ3v) is 3.18. The first-order valence-corrected chi connectivity index (χ1v) is 6.91. The molecule has 1 unspecified atom stereocenters. The van der Waals surface area contributed by atoms with Gasteiger partial charge in [-0.05, 0) is 42.3 Å². The number of halogens is 2. The van der Waals surface area contributed by atoms with E-state index in [0.717, 1.165) is 5.56 Å². The van der Waals surface area contributed by atoms with Crippen LogP contribution in [0.15, 0.2) is 42.5 Å². The highest BCUT2D eigenvalue weighted by molar-refractivity contribution is 6.34. The van der Waals surface area contributed by atoms with Gasteiger partial charge >= 0.3 is 5.97 Å². The zero-order valence-corrected chi connectivity index (χ0v) is 12.4. The van der Waals surface area contributed by atoms with Crippen molar-refractivity contribution in [2.45, 2.75) is 12.5 Å². The molecule has 4 nitrogen and oxygen atoms in total. The predicted molar refractivity (Wildman–Crippen MR) is 82.3 cm³/mol. The fourth-order valence-corrected chi connectivity index (χ4v) is 2.31. The quantitative estimate of drug-likeness (QED) is 0.878. The number of ether oxygens (including phenoxy) is 1. The van der Waals surface area contributed by atoms with Crippen LogP contribution < -0.4 is 10.5 Å². The van der Waals surface area contributed by atoms with Crippen molar-refractivity contribution in [1.82, 2.24) is 0 Å². The summed E-state index contributed by atoms with van der Waals surface area (Å²) in [6.07, 6.45) is 0.225. The third-order valence-electron chi connectivity index (χ3n) is 2.74. The molecule has 0 spiro atoms. The Hall–Kier alpha value is -1.75. The molecule has 0 bridgehead atoms. The van der Waals surface area contributed by atoms with Crippen molar-refractivity contribution < 1.29 is 14.6 Å². The smallest absolute Gasteiger partial charge is 0.320 e. The maximum absolute atomic E-state index is 10.8. The van der Waals surface area contributed by atoms with Gasteiger partial charge in [0, 0.05) is 10.0 Å². The number of hydrogen-bond acceptors (Lipinski definition) is 3. The summed E-state index contributed by atoms with van der Waals surface area (Å²) >= 11 is 11.8. The zero-order valence-electron chi connectivity index (χ0n) is 10.9. The number of nitrogens with two attached hydrogens (primary N) is 1. The lowest BCUT2D eigenvalue weighted by atomic mass is 10.1. The third kappa shape index (κ3) is 4.63. The van der Waals surface area contributed by atoms with Gasteiger partial charge in [0.1, 0.15) is 17.5 Å². The number of carboxylic acids is 1. The fraction of sp³-hybridized carbons (Fsp3) is 0.133. The normalized spacial score (nSPS) is 12.0. The maximum Gasteiger partial charge on any atom is 0.320 e. The highest BCUT2D eigenvalue weighted by Crippen LogP contribution is 2.28. The molecule has 0 radical (unpaired) electrons. The van der Waals surface area contributed by atoms with Crippen molar-refractivity contribution in [1.29, 1.82) is 0 Å². The van der Waals surface area contributed by atoms with E-state index in [1.54, 1.807) is 42.5 Å². The highest BCUT2D eigenvalue weighted by Gasteiger charge is 2.12. The van der Waals surface area contributed by atoms with E-state index in [1.165, 1.54) is 0 Å². The molecular weight excluding hydrogens is 313 g/mol. The number of benzene rings is 2. The summed E-state index contributed by atoms with van der Waals surface area (Å²) in [4.78, 5) is 10.8. The van der Waals surface area contributed by atoms with Crippen LogP contribution in [0.25, 0.3) is 0 Å². The first kappa shape index (κ1) is 15.6. The van der Waals surface area contributed by atoms with Crippen molar-refractivity contribution in [2.75, 3.05) is 0 Å². The molecule has 1 atom stereocenters. The van der Waals surface area contributed by atoms with E-state index in [0.29, 0.717) is 21.5 Å². The number of carboxylic acid groups (broad SMARTS) is 1. The van der Waals surface area contributed by atoms with Crippen LogP contribution in [-0.4, -0.2) is 17.1 Å². The van der Waals surface area contributed by atoms with E-state index >= 15 is 0 Å². The van der Waals surface area contributed by atoms with Crippen LogP contribution in [-0.2, 0) is 11.2 Å². The summed E-state index contributed by atoms with van der Waals surface area (Å²) < 4.78 is 5.67. The number of rotatable bonds is 5. The summed E-state index contributed by atoms with van der Waals surface area (Å²) in [5.41, 5.74) is 6.29. The minimum absolute atomic E-state index is 0.225. The minimum Gasteiger partial charge on any atom is -0.480 e. The second-order valence-electron chi connectivity index (χ2n) is 4.50. The van der Waals surface area contributed by atoms with Crippen LogP contribution in [0, 0.1) is 0 Å². The molecule has 0 saturated heterocycles. The van der Waals surface area contributed by atoms with Crippen LogP contribution in [0.4, 0.5) is 0 Å². The van der Waals surface area contributed by atoms with Crippen molar-refractivity contribution in [2.24, 2.45) is 5.73 Å². The first-order chi connectivity index (χ1) is 9.94. The van der Waals surface area contributed by atoms with Crippen molar-refractivity contribution in [3.8, 4) is 11.5 Å². The van der Waals surface area contributed by atoms with Crippen molar-refractivity contribution in [3.05, 3.63) is 58.1 Å². The molecule has 3 N–H and O–H groups in total. The van der Waals surface area contributed by atoms with E-state index in [2.05, 4.69) is 0 Å². The Labute approximate surface area is 132 Å². The van der Waals surface area contributed by atoms with Gasteiger partial charge in [-0.15, -0.1) is 0 Å². The highest BCUT2D eigenvalue weighted by atomic mass is 35.5. The molecule has 2 rings (SSSR count). The van der Waals surface area contributed by atoms with Crippen LogP contribution in [0.5, 0.6) is 11.5 Å². The van der Waals surface area contributed by atoms with E-state index in [9.17, 15) is 4.79 Å². The lowest BCUT2D eigenvalue weighted by Gasteiger charge is -2.10. The molecule has 6 heteroatoms. The second kappa shape index (κ2) is 6.80. The van der Waals surface area contributed by atoms with Crippen LogP contribution in [0.2, 0.25) is 10.0 Å². The molecule has 0 fully saturated rings. The molecule has 2 aromatic carbocycles. The van der Waals surface area contributed by atoms with Crippen molar-refractivity contribution >= 4 is 29.2 Å². The summed E-state index contributed by atoms with van der Waals surface area (Å²) in [6, 6.07) is 11.0. The Balaban J connectivity index is 2.15. The van der Waals surface area contributed by atoms with Gasteiger partial charge in [0.2, 0.25) is 0 Å². The molecule has 0 aliphatic rings. The monoisotopic (exact) mass is 325 g/mol. The summed E-state index contributed by atoms with van der Waals surface area (Å²) in [7, 11) is 0. The number of aliphatic carboxylic acids is 1. The molecule has 0 heterocycles. The molecule has 2 aromatic rings. The van der Waals surface area contributed by atoms with Gasteiger partial charge in [-0.2, -0.15) is 0 Å². The topological polar surface area (TPSA) is 72.5 Å². The second-order valence-corrected chi connectivity index (χ2v) is 5.38. The van der Waals surface area contributed by atoms with Crippen LogP contribution >= 0.6 is 23.2 Å². The Bertz CT molecular complexity index is 641. The largest absolute Gasteiger partial charge is 0.480 e. The minimum atomic E-state index is -1.04. The predicted octanol–water partition coefficient (Wildman–Crippen LogP) is 3.74. The Kier molecular flexibility index (Phi) is 5.07. The van der Waals surface area contributed by atoms with Gasteiger partial charge in [-0.1, -0.05) is 35.3 Å². The number of hydrogen-bond donors (Lipinski definition) is 2. The summed E-state index contributed by atoms with van der Waals surface area (Å²) in [6.45, 7) is 0. The molecule has 0 aliphatic heterocycles. The lowest BCUT2D eigenvalue weighted by molar-refractivity contribution is -0.138. The van der Waals surface area contributed by atoms with Gasteiger partial charge in [-0.25, -0.2) is 0 Å². The van der Waals surface area contributed by atoms with Crippen molar-refractivity contribution in [3.63, 3.8) is 0 Å². The van der Waals surface area contributed by atoms with Crippen LogP contribution in [0.3, 0.4) is 0 Å². The molecule has 0 amide bonds. The van der Waals surface area contributed by atoms with Gasteiger partial charge < -0.3 is 15.6 Å². The molecule has 0 aromatic heterocycles. The lowest BCUT2D eigenvalue weighted by Crippen LogP contribution is -2.32. The standard InChI is InChI=1S/C15H13Cl2NO3/c16-10-6-11(17)8-13(7-10)21-12-3-1-2-9(4-12)5-14(18)15(19)20/h1-4,6-8,14H,5,18H2,(H,19,20). The van der Waals surface area contributed by atoms with Gasteiger partial charge in [-0.3, -0.25) is 4.79 Å². The maximum atomic E-state index is 10.8. The molecule has 21 heavy (non-hydrogen) atoms. The summed E-state index contributed by atoms with van der Waals surface area (Å²) in [5, 5.41) is 9.77. The van der Waals surface area contributed by atoms with E-state index in [4.69, 9.17) is 38.8 Å². The SMILES string of the molecule is NC(Cc1cccc(Oc2cc(Cl)cc(Cl)c2)c1)C(=O)O. The molecule has 0 aliphatic carbocycles. The zero-order chi connectivity index (χ0) is 15.4. The Morgan fingerprint density at radius 2 is 1.81 bits per heavy atom. The fourth-order valence-electron chi connectivity index (χ4n) is 1.80. The average Bonchev–Trinajstić information content (AvgIpc) is 2.37. The van der Waals surface area contributed by atoms with Gasteiger partial charge in [0.05, 0.1) is 0 Å². The number of carbonyl (C=O) groups is 1.